The molecule has 0 unspecified atom stereocenters. The van der Waals surface area contributed by atoms with Crippen molar-refractivity contribution < 1.29 is 9.53 Å². The van der Waals surface area contributed by atoms with Crippen LogP contribution in [0.25, 0.3) is 0 Å². The Labute approximate surface area is 115 Å². The van der Waals surface area contributed by atoms with Crippen LogP contribution < -0.4 is 5.32 Å². The second-order valence-corrected chi connectivity index (χ2v) is 4.55. The highest BCUT2D eigenvalue weighted by Gasteiger charge is 2.12. The van der Waals surface area contributed by atoms with Gasteiger partial charge < -0.3 is 9.64 Å². The van der Waals surface area contributed by atoms with Gasteiger partial charge in [-0.2, -0.15) is 0 Å². The van der Waals surface area contributed by atoms with Gasteiger partial charge in [-0.15, -0.1) is 0 Å². The third kappa shape index (κ3) is 6.00. The lowest BCUT2D eigenvalue weighted by molar-refractivity contribution is 0.158. The molecule has 0 atom stereocenters. The number of alkyl carbamates (subject to hydrolysis) is 1. The van der Waals surface area contributed by atoms with Crippen LogP contribution in [-0.4, -0.2) is 35.7 Å². The van der Waals surface area contributed by atoms with Crippen molar-refractivity contribution in [3.05, 3.63) is 11.8 Å². The minimum Gasteiger partial charge on any atom is -0.450 e. The summed E-state index contributed by atoms with van der Waals surface area (Å²) in [5, 5.41) is 2.54. The first-order valence-corrected chi connectivity index (χ1v) is 6.81. The number of nitrogens with one attached hydrogen (secondary N) is 1. The number of allylic oxidation sites excluding steroid dienone is 1. The first kappa shape index (κ1) is 16.9. The molecular formula is C13H24N2O2S. The van der Waals surface area contributed by atoms with E-state index in [1.165, 1.54) is 0 Å². The molecule has 0 saturated carbocycles. The van der Waals surface area contributed by atoms with Gasteiger partial charge in [0.25, 0.3) is 0 Å². The SMILES string of the molecule is CCOC(=O)NC(=S)/C=C(\C(C)C)N(CC)CC. The Hall–Kier alpha value is -1.10. The molecule has 0 spiro atoms. The predicted molar refractivity (Wildman–Crippen MR) is 78.6 cm³/mol. The molecule has 0 aromatic heterocycles. The molecule has 0 aliphatic heterocycles. The van der Waals surface area contributed by atoms with E-state index in [1.54, 1.807) is 6.92 Å². The zero-order valence-corrected chi connectivity index (χ0v) is 12.8. The van der Waals surface area contributed by atoms with Crippen molar-refractivity contribution in [1.29, 1.82) is 0 Å². The highest BCUT2D eigenvalue weighted by molar-refractivity contribution is 7.80. The number of thiocarbonyl (C=S) groups is 1. The molecule has 1 amide bonds. The van der Waals surface area contributed by atoms with Gasteiger partial charge in [0.15, 0.2) is 0 Å². The van der Waals surface area contributed by atoms with Crippen LogP contribution in [0.1, 0.15) is 34.6 Å². The Morgan fingerprint density at radius 2 is 1.89 bits per heavy atom. The molecule has 1 N–H and O–H groups in total. The Morgan fingerprint density at radius 1 is 1.33 bits per heavy atom. The van der Waals surface area contributed by atoms with Crippen molar-refractivity contribution >= 4 is 23.3 Å². The number of carbonyl (C=O) groups is 1. The molecule has 0 saturated heterocycles. The summed E-state index contributed by atoms with van der Waals surface area (Å²) in [6.45, 7) is 12.3. The van der Waals surface area contributed by atoms with Crippen molar-refractivity contribution in [1.82, 2.24) is 10.2 Å². The van der Waals surface area contributed by atoms with Crippen molar-refractivity contribution in [2.24, 2.45) is 5.92 Å². The minimum atomic E-state index is -0.499. The van der Waals surface area contributed by atoms with Gasteiger partial charge in [-0.25, -0.2) is 4.79 Å². The summed E-state index contributed by atoms with van der Waals surface area (Å²) in [5.41, 5.74) is 1.13. The highest BCUT2D eigenvalue weighted by Crippen LogP contribution is 2.14. The summed E-state index contributed by atoms with van der Waals surface area (Å²) in [4.78, 5) is 13.9. The average Bonchev–Trinajstić information content (AvgIpc) is 2.29. The second-order valence-electron chi connectivity index (χ2n) is 4.11. The molecule has 0 aliphatic rings. The van der Waals surface area contributed by atoms with Crippen molar-refractivity contribution in [3.63, 3.8) is 0 Å². The van der Waals surface area contributed by atoms with Gasteiger partial charge in [-0.1, -0.05) is 26.1 Å². The maximum absolute atomic E-state index is 11.3. The van der Waals surface area contributed by atoms with Crippen LogP contribution in [-0.2, 0) is 4.74 Å². The number of carbonyl (C=O) groups excluding carboxylic acids is 1. The molecule has 18 heavy (non-hydrogen) atoms. The van der Waals surface area contributed by atoms with Crippen LogP contribution in [0.3, 0.4) is 0 Å². The standard InChI is InChI=1S/C13H24N2O2S/c1-6-15(7-2)11(10(4)5)9-12(18)14-13(16)17-8-3/h9-10H,6-8H2,1-5H3,(H,14,16,18)/b11-9+. The minimum absolute atomic E-state index is 0.339. The van der Waals surface area contributed by atoms with E-state index in [0.29, 0.717) is 17.5 Å². The molecular weight excluding hydrogens is 248 g/mol. The molecule has 4 nitrogen and oxygen atoms in total. The zero-order chi connectivity index (χ0) is 14.1. The maximum Gasteiger partial charge on any atom is 0.412 e. The number of hydrogen-bond donors (Lipinski definition) is 1. The van der Waals surface area contributed by atoms with Gasteiger partial charge in [-0.3, -0.25) is 5.32 Å². The quantitative estimate of drug-likeness (QED) is 0.596. The summed E-state index contributed by atoms with van der Waals surface area (Å²) in [7, 11) is 0. The molecule has 104 valence electrons. The van der Waals surface area contributed by atoms with Gasteiger partial charge in [0.2, 0.25) is 0 Å². The summed E-state index contributed by atoms with van der Waals surface area (Å²) < 4.78 is 4.79. The van der Waals surface area contributed by atoms with Gasteiger partial charge in [0.1, 0.15) is 4.99 Å². The van der Waals surface area contributed by atoms with E-state index in [4.69, 9.17) is 17.0 Å². The molecule has 0 heterocycles. The van der Waals surface area contributed by atoms with E-state index < -0.39 is 6.09 Å². The van der Waals surface area contributed by atoms with E-state index in [2.05, 4.69) is 37.9 Å². The van der Waals surface area contributed by atoms with Crippen LogP contribution >= 0.6 is 12.2 Å². The smallest absolute Gasteiger partial charge is 0.412 e. The fourth-order valence-corrected chi connectivity index (χ4v) is 1.85. The van der Waals surface area contributed by atoms with Gasteiger partial charge >= 0.3 is 6.09 Å². The van der Waals surface area contributed by atoms with Crippen LogP contribution in [0.5, 0.6) is 0 Å². The van der Waals surface area contributed by atoms with Gasteiger partial charge in [0.05, 0.1) is 6.61 Å². The van der Waals surface area contributed by atoms with E-state index in [9.17, 15) is 4.79 Å². The lowest BCUT2D eigenvalue weighted by Crippen LogP contribution is -2.31. The highest BCUT2D eigenvalue weighted by atomic mass is 32.1. The fraction of sp³-hybridized carbons (Fsp3) is 0.692. The van der Waals surface area contributed by atoms with Crippen LogP contribution in [0.2, 0.25) is 0 Å². The summed E-state index contributed by atoms with van der Waals surface area (Å²) in [6, 6.07) is 0. The third-order valence-electron chi connectivity index (χ3n) is 2.50. The topological polar surface area (TPSA) is 41.6 Å². The van der Waals surface area contributed by atoms with Crippen molar-refractivity contribution in [2.45, 2.75) is 34.6 Å². The van der Waals surface area contributed by atoms with E-state index in [0.717, 1.165) is 18.8 Å². The number of ether oxygens (including phenoxy) is 1. The largest absolute Gasteiger partial charge is 0.450 e. The maximum atomic E-state index is 11.3. The third-order valence-corrected chi connectivity index (χ3v) is 2.72. The molecule has 0 fully saturated rings. The van der Waals surface area contributed by atoms with Crippen LogP contribution in [0.15, 0.2) is 11.8 Å². The molecule has 5 heteroatoms. The molecule has 0 radical (unpaired) electrons. The first-order valence-electron chi connectivity index (χ1n) is 6.40. The van der Waals surface area contributed by atoms with Crippen molar-refractivity contribution in [3.8, 4) is 0 Å². The molecule has 0 aliphatic carbocycles. The Bertz CT molecular complexity index is 310. The van der Waals surface area contributed by atoms with Crippen molar-refractivity contribution in [2.75, 3.05) is 19.7 Å². The lowest BCUT2D eigenvalue weighted by Gasteiger charge is -2.27. The normalized spacial score (nSPS) is 11.3. The lowest BCUT2D eigenvalue weighted by atomic mass is 10.1. The molecule has 0 rings (SSSR count). The summed E-state index contributed by atoms with van der Waals surface area (Å²) >= 11 is 5.14. The molecule has 0 bridgehead atoms. The number of amides is 1. The van der Waals surface area contributed by atoms with E-state index in [1.807, 2.05) is 6.08 Å². The molecule has 0 aromatic carbocycles. The Balaban J connectivity index is 4.74. The Morgan fingerprint density at radius 3 is 2.28 bits per heavy atom. The predicted octanol–water partition coefficient (Wildman–Crippen LogP) is 2.94. The Kier molecular flexibility index (Phi) is 8.37. The number of rotatable bonds is 6. The average molecular weight is 272 g/mol. The first-order chi connectivity index (χ1) is 8.46. The summed E-state index contributed by atoms with van der Waals surface area (Å²) in [5.74, 6) is 0.354. The zero-order valence-electron chi connectivity index (χ0n) is 11.9. The number of hydrogen-bond acceptors (Lipinski definition) is 4. The monoisotopic (exact) mass is 272 g/mol. The molecule has 0 aromatic rings. The van der Waals surface area contributed by atoms with Gasteiger partial charge in [0, 0.05) is 18.8 Å². The van der Waals surface area contributed by atoms with E-state index >= 15 is 0 Å². The fourth-order valence-electron chi connectivity index (χ4n) is 1.65. The van der Waals surface area contributed by atoms with E-state index in [-0.39, 0.29) is 0 Å². The van der Waals surface area contributed by atoms with Crippen LogP contribution in [0.4, 0.5) is 4.79 Å². The number of nitrogens with zero attached hydrogens (tertiary/aromatic N) is 1. The van der Waals surface area contributed by atoms with Crippen LogP contribution in [0, 0.1) is 5.92 Å². The summed E-state index contributed by atoms with van der Waals surface area (Å²) in [6.07, 6.45) is 1.34. The van der Waals surface area contributed by atoms with Gasteiger partial charge in [-0.05, 0) is 32.8 Å². The second kappa shape index (κ2) is 8.91.